The molecule has 1 saturated heterocycles. The van der Waals surface area contributed by atoms with Crippen molar-refractivity contribution in [3.05, 3.63) is 11.6 Å². The summed E-state index contributed by atoms with van der Waals surface area (Å²) in [5.74, 6) is -0.731. The standard InChI is InChI=1S/C14H23NO3/c1-5-10(2)12(16)15-8-6-7-11(9-15)14(3,4)13(17)18/h5,11H,6-9H2,1-4H3,(H,17,18). The molecule has 0 radical (unpaired) electrons. The normalized spacial score (nSPS) is 21.9. The lowest BCUT2D eigenvalue weighted by molar-refractivity contribution is -0.152. The average Bonchev–Trinajstić information content (AvgIpc) is 2.36. The molecule has 1 N–H and O–H groups in total. The summed E-state index contributed by atoms with van der Waals surface area (Å²) in [4.78, 5) is 25.1. The number of nitrogens with zero attached hydrogens (tertiary/aromatic N) is 1. The lowest BCUT2D eigenvalue weighted by atomic mass is 9.74. The lowest BCUT2D eigenvalue weighted by Crippen LogP contribution is -2.47. The van der Waals surface area contributed by atoms with Gasteiger partial charge < -0.3 is 10.0 Å². The minimum absolute atomic E-state index is 0.0253. The van der Waals surface area contributed by atoms with Crippen molar-refractivity contribution in [2.45, 2.75) is 40.5 Å². The second-order valence-corrected chi connectivity index (χ2v) is 5.59. The molecule has 0 aromatic rings. The van der Waals surface area contributed by atoms with Crippen molar-refractivity contribution in [2.75, 3.05) is 13.1 Å². The third-order valence-corrected chi connectivity index (χ3v) is 4.05. The molecule has 0 saturated carbocycles. The van der Waals surface area contributed by atoms with Gasteiger partial charge in [0.05, 0.1) is 5.41 Å². The van der Waals surface area contributed by atoms with Gasteiger partial charge in [-0.05, 0) is 46.5 Å². The van der Waals surface area contributed by atoms with E-state index >= 15 is 0 Å². The van der Waals surface area contributed by atoms with Gasteiger partial charge in [-0.25, -0.2) is 0 Å². The Balaban J connectivity index is 2.79. The first-order chi connectivity index (χ1) is 8.30. The van der Waals surface area contributed by atoms with Gasteiger partial charge in [-0.1, -0.05) is 6.08 Å². The summed E-state index contributed by atoms with van der Waals surface area (Å²) in [5, 5.41) is 9.26. The highest BCUT2D eigenvalue weighted by Crippen LogP contribution is 2.34. The van der Waals surface area contributed by atoms with Crippen LogP contribution in [0.1, 0.15) is 40.5 Å². The predicted octanol–water partition coefficient (Wildman–Crippen LogP) is 2.30. The summed E-state index contributed by atoms with van der Waals surface area (Å²) in [7, 11) is 0. The van der Waals surface area contributed by atoms with Crippen molar-refractivity contribution in [2.24, 2.45) is 11.3 Å². The van der Waals surface area contributed by atoms with E-state index in [0.717, 1.165) is 25.0 Å². The molecule has 0 aliphatic carbocycles. The van der Waals surface area contributed by atoms with Crippen LogP contribution >= 0.6 is 0 Å². The van der Waals surface area contributed by atoms with E-state index in [1.54, 1.807) is 31.7 Å². The molecular weight excluding hydrogens is 230 g/mol. The van der Waals surface area contributed by atoms with Gasteiger partial charge in [-0.15, -0.1) is 0 Å². The summed E-state index contributed by atoms with van der Waals surface area (Å²) in [6.07, 6.45) is 3.55. The van der Waals surface area contributed by atoms with E-state index < -0.39 is 11.4 Å². The first-order valence-electron chi connectivity index (χ1n) is 6.46. The summed E-state index contributed by atoms with van der Waals surface area (Å²) in [6.45, 7) is 8.41. The third kappa shape index (κ3) is 2.92. The minimum atomic E-state index is -0.787. The van der Waals surface area contributed by atoms with E-state index in [-0.39, 0.29) is 11.8 Å². The fourth-order valence-electron chi connectivity index (χ4n) is 2.30. The second kappa shape index (κ2) is 5.55. The zero-order valence-corrected chi connectivity index (χ0v) is 11.7. The number of carbonyl (C=O) groups is 2. The number of aliphatic carboxylic acids is 1. The molecule has 1 heterocycles. The molecule has 1 aliphatic rings. The Kier molecular flexibility index (Phi) is 4.54. The van der Waals surface area contributed by atoms with Crippen LogP contribution in [0, 0.1) is 11.3 Å². The molecular formula is C14H23NO3. The van der Waals surface area contributed by atoms with Gasteiger partial charge in [-0.3, -0.25) is 9.59 Å². The van der Waals surface area contributed by atoms with Crippen LogP contribution in [0.4, 0.5) is 0 Å². The van der Waals surface area contributed by atoms with E-state index in [4.69, 9.17) is 0 Å². The largest absolute Gasteiger partial charge is 0.481 e. The second-order valence-electron chi connectivity index (χ2n) is 5.59. The molecule has 1 unspecified atom stereocenters. The van der Waals surface area contributed by atoms with E-state index in [1.165, 1.54) is 0 Å². The molecule has 102 valence electrons. The maximum atomic E-state index is 12.1. The summed E-state index contributed by atoms with van der Waals surface area (Å²) in [5.41, 5.74) is -0.0493. The number of piperidine rings is 1. The molecule has 0 spiro atoms. The molecule has 18 heavy (non-hydrogen) atoms. The summed E-state index contributed by atoms with van der Waals surface area (Å²) in [6, 6.07) is 0. The number of carboxylic acid groups (broad SMARTS) is 1. The predicted molar refractivity (Wildman–Crippen MR) is 70.2 cm³/mol. The van der Waals surface area contributed by atoms with Crippen molar-refractivity contribution in [3.8, 4) is 0 Å². The van der Waals surface area contributed by atoms with E-state index in [1.807, 2.05) is 6.92 Å². The molecule has 4 heteroatoms. The van der Waals surface area contributed by atoms with Crippen molar-refractivity contribution in [1.29, 1.82) is 0 Å². The highest BCUT2D eigenvalue weighted by molar-refractivity contribution is 5.92. The molecule has 0 aromatic carbocycles. The van der Waals surface area contributed by atoms with Crippen LogP contribution in [0.3, 0.4) is 0 Å². The smallest absolute Gasteiger partial charge is 0.309 e. The molecule has 1 rings (SSSR count). The van der Waals surface area contributed by atoms with Crippen LogP contribution in [-0.2, 0) is 9.59 Å². The van der Waals surface area contributed by atoms with Crippen molar-refractivity contribution in [3.63, 3.8) is 0 Å². The fraction of sp³-hybridized carbons (Fsp3) is 0.714. The fourth-order valence-corrected chi connectivity index (χ4v) is 2.30. The Labute approximate surface area is 109 Å². The number of carbonyl (C=O) groups excluding carboxylic acids is 1. The maximum absolute atomic E-state index is 12.1. The highest BCUT2D eigenvalue weighted by Gasteiger charge is 2.39. The first kappa shape index (κ1) is 14.7. The van der Waals surface area contributed by atoms with Gasteiger partial charge in [0.15, 0.2) is 0 Å². The van der Waals surface area contributed by atoms with Crippen molar-refractivity contribution in [1.82, 2.24) is 4.90 Å². The number of rotatable bonds is 3. The van der Waals surface area contributed by atoms with Gasteiger partial charge in [0, 0.05) is 18.7 Å². The zero-order valence-electron chi connectivity index (χ0n) is 11.7. The van der Waals surface area contributed by atoms with Gasteiger partial charge in [-0.2, -0.15) is 0 Å². The number of allylic oxidation sites excluding steroid dienone is 1. The van der Waals surface area contributed by atoms with Crippen LogP contribution in [0.25, 0.3) is 0 Å². The number of amides is 1. The molecule has 1 atom stereocenters. The Bertz CT molecular complexity index is 371. The number of likely N-dealkylation sites (tertiary alicyclic amines) is 1. The molecule has 1 aliphatic heterocycles. The maximum Gasteiger partial charge on any atom is 0.309 e. The van der Waals surface area contributed by atoms with Crippen LogP contribution in [0.5, 0.6) is 0 Å². The quantitative estimate of drug-likeness (QED) is 0.785. The highest BCUT2D eigenvalue weighted by atomic mass is 16.4. The first-order valence-corrected chi connectivity index (χ1v) is 6.46. The third-order valence-electron chi connectivity index (χ3n) is 4.05. The molecule has 0 aromatic heterocycles. The van der Waals surface area contributed by atoms with Gasteiger partial charge in [0.2, 0.25) is 5.91 Å². The number of carboxylic acids is 1. The molecule has 1 amide bonds. The van der Waals surface area contributed by atoms with E-state index in [2.05, 4.69) is 0 Å². The van der Waals surface area contributed by atoms with Gasteiger partial charge in [0.25, 0.3) is 0 Å². The average molecular weight is 253 g/mol. The van der Waals surface area contributed by atoms with Crippen LogP contribution < -0.4 is 0 Å². The zero-order chi connectivity index (χ0) is 13.9. The van der Waals surface area contributed by atoms with Crippen LogP contribution in [0.15, 0.2) is 11.6 Å². The number of hydrogen-bond donors (Lipinski definition) is 1. The molecule has 0 bridgehead atoms. The van der Waals surface area contributed by atoms with Gasteiger partial charge in [0.1, 0.15) is 0 Å². The van der Waals surface area contributed by atoms with E-state index in [9.17, 15) is 14.7 Å². The van der Waals surface area contributed by atoms with Crippen LogP contribution in [0.2, 0.25) is 0 Å². The number of hydrogen-bond acceptors (Lipinski definition) is 2. The Hall–Kier alpha value is -1.32. The van der Waals surface area contributed by atoms with E-state index in [0.29, 0.717) is 6.54 Å². The Morgan fingerprint density at radius 3 is 2.50 bits per heavy atom. The monoisotopic (exact) mass is 253 g/mol. The lowest BCUT2D eigenvalue weighted by Gasteiger charge is -2.39. The molecule has 4 nitrogen and oxygen atoms in total. The Morgan fingerprint density at radius 1 is 1.39 bits per heavy atom. The minimum Gasteiger partial charge on any atom is -0.481 e. The van der Waals surface area contributed by atoms with Crippen molar-refractivity contribution >= 4 is 11.9 Å². The Morgan fingerprint density at radius 2 is 2.00 bits per heavy atom. The SMILES string of the molecule is CC=C(C)C(=O)N1CCCC(C(C)(C)C(=O)O)C1. The summed E-state index contributed by atoms with van der Waals surface area (Å²) < 4.78 is 0. The summed E-state index contributed by atoms with van der Waals surface area (Å²) >= 11 is 0. The van der Waals surface area contributed by atoms with Crippen molar-refractivity contribution < 1.29 is 14.7 Å². The molecule has 1 fully saturated rings. The van der Waals surface area contributed by atoms with Crippen LogP contribution in [-0.4, -0.2) is 35.0 Å². The van der Waals surface area contributed by atoms with Gasteiger partial charge >= 0.3 is 5.97 Å². The topological polar surface area (TPSA) is 57.6 Å².